The topological polar surface area (TPSA) is 107 Å². The highest BCUT2D eigenvalue weighted by molar-refractivity contribution is 7.89. The molecule has 0 aromatic heterocycles. The van der Waals surface area contributed by atoms with Crippen molar-refractivity contribution in [1.82, 2.24) is 4.31 Å². The van der Waals surface area contributed by atoms with Gasteiger partial charge in [-0.05, 0) is 38.0 Å². The Balaban J connectivity index is 2.28. The van der Waals surface area contributed by atoms with Gasteiger partial charge in [0.1, 0.15) is 0 Å². The number of halogens is 4. The van der Waals surface area contributed by atoms with Gasteiger partial charge < -0.3 is 15.5 Å². The maximum atomic E-state index is 12.8. The van der Waals surface area contributed by atoms with Crippen LogP contribution in [0.4, 0.5) is 18.9 Å². The van der Waals surface area contributed by atoms with Crippen molar-refractivity contribution in [1.29, 1.82) is 0 Å². The number of carbonyl (C=O) groups is 1. The summed E-state index contributed by atoms with van der Waals surface area (Å²) in [5, 5.41) is 20.3. The first-order chi connectivity index (χ1) is 12.8. The molecule has 3 N–H and O–H groups in total. The lowest BCUT2D eigenvalue weighted by atomic mass is 10.1. The molecule has 7 nitrogen and oxygen atoms in total. The first-order valence-corrected chi connectivity index (χ1v) is 10.2. The highest BCUT2D eigenvalue weighted by Gasteiger charge is 2.55. The SMILES string of the molecule is C[C@@](O)(C(=O)Nc1ccc(S(=O)(=O)N2CCCC[C@@H]2CO)cc1Cl)C(F)(F)F. The monoisotopic (exact) mass is 444 g/mol. The Morgan fingerprint density at radius 3 is 2.54 bits per heavy atom. The Morgan fingerprint density at radius 2 is 2.00 bits per heavy atom. The minimum atomic E-state index is -5.21. The van der Waals surface area contributed by atoms with Crippen molar-refractivity contribution < 1.29 is 36.6 Å². The van der Waals surface area contributed by atoms with Crippen molar-refractivity contribution in [2.45, 2.75) is 48.9 Å². The Labute approximate surface area is 165 Å². The summed E-state index contributed by atoms with van der Waals surface area (Å²) in [7, 11) is -4.00. The van der Waals surface area contributed by atoms with Gasteiger partial charge in [-0.2, -0.15) is 17.5 Å². The van der Waals surface area contributed by atoms with E-state index in [4.69, 9.17) is 11.6 Å². The van der Waals surface area contributed by atoms with Crippen LogP contribution >= 0.6 is 11.6 Å². The van der Waals surface area contributed by atoms with E-state index in [9.17, 15) is 36.6 Å². The summed E-state index contributed by atoms with van der Waals surface area (Å²) in [4.78, 5) is 11.5. The highest BCUT2D eigenvalue weighted by Crippen LogP contribution is 2.33. The molecule has 1 heterocycles. The molecule has 0 spiro atoms. The van der Waals surface area contributed by atoms with Crippen LogP contribution in [0.5, 0.6) is 0 Å². The molecule has 1 fully saturated rings. The molecule has 0 bridgehead atoms. The molecular weight excluding hydrogens is 425 g/mol. The van der Waals surface area contributed by atoms with E-state index in [1.807, 2.05) is 5.32 Å². The third kappa shape index (κ3) is 4.43. The van der Waals surface area contributed by atoms with E-state index in [0.29, 0.717) is 19.8 Å². The lowest BCUT2D eigenvalue weighted by molar-refractivity contribution is -0.242. The largest absolute Gasteiger partial charge is 0.426 e. The van der Waals surface area contributed by atoms with Crippen LogP contribution in [0.3, 0.4) is 0 Å². The lowest BCUT2D eigenvalue weighted by Gasteiger charge is -2.33. The minimum Gasteiger partial charge on any atom is -0.395 e. The second-order valence-electron chi connectivity index (χ2n) is 6.61. The zero-order valence-electron chi connectivity index (χ0n) is 14.8. The van der Waals surface area contributed by atoms with E-state index in [2.05, 4.69) is 0 Å². The van der Waals surface area contributed by atoms with Crippen LogP contribution in [-0.4, -0.2) is 59.8 Å². The van der Waals surface area contributed by atoms with Crippen LogP contribution in [0.25, 0.3) is 0 Å². The van der Waals surface area contributed by atoms with Crippen LogP contribution in [0.2, 0.25) is 5.02 Å². The zero-order chi connectivity index (χ0) is 21.3. The number of nitrogens with zero attached hydrogens (tertiary/aromatic N) is 1. The average molecular weight is 445 g/mol. The summed E-state index contributed by atoms with van der Waals surface area (Å²) in [6, 6.07) is 2.55. The van der Waals surface area contributed by atoms with Crippen molar-refractivity contribution in [3.63, 3.8) is 0 Å². The summed E-state index contributed by atoms with van der Waals surface area (Å²) >= 11 is 5.94. The van der Waals surface area contributed by atoms with Gasteiger partial charge in [-0.25, -0.2) is 8.42 Å². The minimum absolute atomic E-state index is 0.220. The van der Waals surface area contributed by atoms with Gasteiger partial charge in [0, 0.05) is 12.6 Å². The molecule has 2 rings (SSSR count). The van der Waals surface area contributed by atoms with Crippen LogP contribution in [-0.2, 0) is 14.8 Å². The third-order valence-corrected chi connectivity index (χ3v) is 6.83. The molecule has 1 amide bonds. The molecule has 0 unspecified atom stereocenters. The molecule has 1 aromatic carbocycles. The van der Waals surface area contributed by atoms with E-state index in [-0.39, 0.29) is 28.8 Å². The molecule has 1 aromatic rings. The molecule has 28 heavy (non-hydrogen) atoms. The maximum absolute atomic E-state index is 12.8. The summed E-state index contributed by atoms with van der Waals surface area (Å²) in [5.41, 5.74) is -3.93. The van der Waals surface area contributed by atoms with Gasteiger partial charge in [0.2, 0.25) is 15.6 Å². The summed E-state index contributed by atoms with van der Waals surface area (Å²) in [6.07, 6.45) is -3.29. The molecule has 12 heteroatoms. The molecule has 158 valence electrons. The van der Waals surface area contributed by atoms with Crippen molar-refractivity contribution in [3.05, 3.63) is 23.2 Å². The number of nitrogens with one attached hydrogen (secondary N) is 1. The van der Waals surface area contributed by atoms with Gasteiger partial charge in [0.15, 0.2) is 0 Å². The quantitative estimate of drug-likeness (QED) is 0.645. The fraction of sp³-hybridized carbons (Fsp3) is 0.562. The van der Waals surface area contributed by atoms with Gasteiger partial charge >= 0.3 is 6.18 Å². The van der Waals surface area contributed by atoms with Crippen LogP contribution in [0, 0.1) is 0 Å². The van der Waals surface area contributed by atoms with Gasteiger partial charge in [0.05, 0.1) is 22.2 Å². The highest BCUT2D eigenvalue weighted by atomic mass is 35.5. The number of amides is 1. The second kappa shape index (κ2) is 8.15. The van der Waals surface area contributed by atoms with Crippen molar-refractivity contribution in [2.75, 3.05) is 18.5 Å². The molecule has 2 atom stereocenters. The number of alkyl halides is 3. The van der Waals surface area contributed by atoms with Crippen molar-refractivity contribution in [3.8, 4) is 0 Å². The van der Waals surface area contributed by atoms with Crippen LogP contribution in [0.1, 0.15) is 26.2 Å². The maximum Gasteiger partial charge on any atom is 0.426 e. The van der Waals surface area contributed by atoms with Crippen LogP contribution < -0.4 is 5.32 Å². The molecule has 0 radical (unpaired) electrons. The smallest absolute Gasteiger partial charge is 0.395 e. The molecule has 1 saturated heterocycles. The van der Waals surface area contributed by atoms with Gasteiger partial charge in [-0.15, -0.1) is 0 Å². The van der Waals surface area contributed by atoms with Gasteiger partial charge in [-0.1, -0.05) is 18.0 Å². The number of carbonyl (C=O) groups excluding carboxylic acids is 1. The van der Waals surface area contributed by atoms with Crippen molar-refractivity contribution >= 4 is 33.2 Å². The number of piperidine rings is 1. The second-order valence-corrected chi connectivity index (χ2v) is 8.91. The Morgan fingerprint density at radius 1 is 1.36 bits per heavy atom. The fourth-order valence-electron chi connectivity index (χ4n) is 2.74. The van der Waals surface area contributed by atoms with E-state index in [0.717, 1.165) is 28.9 Å². The van der Waals surface area contributed by atoms with E-state index >= 15 is 0 Å². The first kappa shape index (κ1) is 22.9. The van der Waals surface area contributed by atoms with Crippen LogP contribution in [0.15, 0.2) is 23.1 Å². The fourth-order valence-corrected chi connectivity index (χ4v) is 4.74. The summed E-state index contributed by atoms with van der Waals surface area (Å²) < 4.78 is 65.0. The van der Waals surface area contributed by atoms with E-state index < -0.39 is 33.7 Å². The van der Waals surface area contributed by atoms with E-state index in [1.165, 1.54) is 0 Å². The Hall–Kier alpha value is -1.40. The normalized spacial score (nSPS) is 21.2. The van der Waals surface area contributed by atoms with Crippen molar-refractivity contribution in [2.24, 2.45) is 0 Å². The number of aliphatic hydroxyl groups is 2. The number of sulfonamides is 1. The number of hydrogen-bond acceptors (Lipinski definition) is 5. The number of benzene rings is 1. The summed E-state index contributed by atoms with van der Waals surface area (Å²) in [6.45, 7) is 0.173. The predicted octanol–water partition coefficient (Wildman–Crippen LogP) is 2.13. The Bertz CT molecular complexity index is 845. The molecule has 0 aliphatic carbocycles. The zero-order valence-corrected chi connectivity index (χ0v) is 16.4. The summed E-state index contributed by atoms with van der Waals surface area (Å²) in [5.74, 6) is -1.76. The number of rotatable bonds is 5. The lowest BCUT2D eigenvalue weighted by Crippen LogP contribution is -2.52. The molecule has 0 saturated carbocycles. The molecule has 1 aliphatic heterocycles. The predicted molar refractivity (Wildman–Crippen MR) is 95.4 cm³/mol. The standard InChI is InChI=1S/C16H20ClF3N2O5S/c1-15(25,16(18,19)20)14(24)21-13-6-5-11(8-12(13)17)28(26,27)22-7-3-2-4-10(22)9-23/h5-6,8,10,23,25H,2-4,7,9H2,1H3,(H,21,24)/t10-,15-/m1/s1. The Kier molecular flexibility index (Phi) is 6.66. The number of aliphatic hydroxyl groups excluding tert-OH is 1. The first-order valence-electron chi connectivity index (χ1n) is 8.35. The number of hydrogen-bond donors (Lipinski definition) is 3. The van der Waals surface area contributed by atoms with Gasteiger partial charge in [0.25, 0.3) is 5.91 Å². The average Bonchev–Trinajstić information content (AvgIpc) is 2.62. The number of anilines is 1. The molecular formula is C16H20ClF3N2O5S. The van der Waals surface area contributed by atoms with Gasteiger partial charge in [-0.3, -0.25) is 4.79 Å². The third-order valence-electron chi connectivity index (χ3n) is 4.57. The molecule has 1 aliphatic rings. The van der Waals surface area contributed by atoms with E-state index in [1.54, 1.807) is 0 Å².